The first-order valence-electron chi connectivity index (χ1n) is 9.08. The molecule has 0 saturated heterocycles. The van der Waals surface area contributed by atoms with E-state index in [9.17, 15) is 4.39 Å². The third-order valence-corrected chi connectivity index (χ3v) is 6.42. The molecule has 0 atom stereocenters. The van der Waals surface area contributed by atoms with E-state index in [1.54, 1.807) is 24.3 Å². The van der Waals surface area contributed by atoms with Crippen LogP contribution in [0.3, 0.4) is 0 Å². The predicted octanol–water partition coefficient (Wildman–Crippen LogP) is 6.51. The SMILES string of the molecule is C=S(=C)(Nc1ccc(-c2cc(-c3ccccc3F)on2)cc1)c1ccc(C)cc1. The molecule has 1 heterocycles. The molecule has 4 rings (SSSR count). The van der Waals surface area contributed by atoms with Crippen molar-refractivity contribution < 1.29 is 8.91 Å². The van der Waals surface area contributed by atoms with Crippen LogP contribution in [0, 0.1) is 12.7 Å². The first-order valence-corrected chi connectivity index (χ1v) is 11.1. The van der Waals surface area contributed by atoms with Crippen molar-refractivity contribution in [3.8, 4) is 22.6 Å². The monoisotopic (exact) mass is 404 g/mol. The Morgan fingerprint density at radius 3 is 2.31 bits per heavy atom. The molecule has 0 bridgehead atoms. The highest BCUT2D eigenvalue weighted by molar-refractivity contribution is 8.28. The summed E-state index contributed by atoms with van der Waals surface area (Å²) in [5, 5.41) is 4.08. The molecule has 0 aliphatic rings. The lowest BCUT2D eigenvalue weighted by Crippen LogP contribution is -1.96. The quantitative estimate of drug-likeness (QED) is 0.385. The third kappa shape index (κ3) is 4.10. The Balaban J connectivity index is 1.54. The number of aryl methyl sites for hydroxylation is 1. The molecule has 0 spiro atoms. The van der Waals surface area contributed by atoms with Gasteiger partial charge in [0.15, 0.2) is 5.76 Å². The average Bonchev–Trinajstić information content (AvgIpc) is 3.19. The predicted molar refractivity (Wildman–Crippen MR) is 122 cm³/mol. The Morgan fingerprint density at radius 1 is 0.931 bits per heavy atom. The highest BCUT2D eigenvalue weighted by Crippen LogP contribution is 2.34. The third-order valence-electron chi connectivity index (χ3n) is 4.62. The molecule has 1 aromatic heterocycles. The van der Waals surface area contributed by atoms with Gasteiger partial charge in [-0.1, -0.05) is 58.9 Å². The minimum absolute atomic E-state index is 0.337. The van der Waals surface area contributed by atoms with Crippen LogP contribution in [0.15, 0.2) is 88.3 Å². The first-order chi connectivity index (χ1) is 13.9. The number of halogens is 1. The van der Waals surface area contributed by atoms with Gasteiger partial charge in [-0.3, -0.25) is 0 Å². The number of nitrogens with one attached hydrogen (secondary N) is 1. The van der Waals surface area contributed by atoms with E-state index in [0.717, 1.165) is 16.1 Å². The second kappa shape index (κ2) is 7.60. The van der Waals surface area contributed by atoms with Gasteiger partial charge in [0.1, 0.15) is 11.5 Å². The minimum atomic E-state index is -1.67. The molecular formula is C24H21FN2OS. The van der Waals surface area contributed by atoms with E-state index >= 15 is 0 Å². The largest absolute Gasteiger partial charge is 0.356 e. The smallest absolute Gasteiger partial charge is 0.170 e. The Hall–Kier alpha value is -3.31. The topological polar surface area (TPSA) is 38.1 Å². The summed E-state index contributed by atoms with van der Waals surface area (Å²) < 4.78 is 22.7. The van der Waals surface area contributed by atoms with Crippen molar-refractivity contribution in [2.45, 2.75) is 11.8 Å². The molecule has 5 heteroatoms. The van der Waals surface area contributed by atoms with Gasteiger partial charge in [-0.2, -0.15) is 0 Å². The number of benzene rings is 3. The first kappa shape index (κ1) is 19.0. The van der Waals surface area contributed by atoms with Crippen LogP contribution >= 0.6 is 9.39 Å². The van der Waals surface area contributed by atoms with Crippen LogP contribution in [0.25, 0.3) is 22.6 Å². The zero-order valence-electron chi connectivity index (χ0n) is 16.1. The summed E-state index contributed by atoms with van der Waals surface area (Å²) in [4.78, 5) is 1.08. The van der Waals surface area contributed by atoms with Gasteiger partial charge < -0.3 is 9.25 Å². The molecule has 29 heavy (non-hydrogen) atoms. The van der Waals surface area contributed by atoms with Crippen molar-refractivity contribution in [3.63, 3.8) is 0 Å². The van der Waals surface area contributed by atoms with Gasteiger partial charge in [0, 0.05) is 22.2 Å². The van der Waals surface area contributed by atoms with Crippen molar-refractivity contribution >= 4 is 26.8 Å². The van der Waals surface area contributed by atoms with Crippen molar-refractivity contribution in [3.05, 3.63) is 90.2 Å². The summed E-state index contributed by atoms with van der Waals surface area (Å²) in [6.07, 6.45) is 0. The van der Waals surface area contributed by atoms with Crippen molar-refractivity contribution in [2.24, 2.45) is 0 Å². The molecule has 3 aromatic carbocycles. The zero-order chi connectivity index (χ0) is 20.4. The molecule has 0 radical (unpaired) electrons. The van der Waals surface area contributed by atoms with Crippen LogP contribution in [-0.2, 0) is 0 Å². The fourth-order valence-corrected chi connectivity index (χ4v) is 4.35. The van der Waals surface area contributed by atoms with Gasteiger partial charge in [0.25, 0.3) is 0 Å². The lowest BCUT2D eigenvalue weighted by molar-refractivity contribution is 0.432. The van der Waals surface area contributed by atoms with Crippen LogP contribution in [0.5, 0.6) is 0 Å². The minimum Gasteiger partial charge on any atom is -0.356 e. The lowest BCUT2D eigenvalue weighted by atomic mass is 10.1. The second-order valence-corrected chi connectivity index (χ2v) is 9.37. The summed E-state index contributed by atoms with van der Waals surface area (Å²) >= 11 is 0. The molecule has 0 aliphatic heterocycles. The van der Waals surface area contributed by atoms with Crippen LogP contribution < -0.4 is 4.72 Å². The highest BCUT2D eigenvalue weighted by atomic mass is 32.2. The molecule has 3 nitrogen and oxygen atoms in total. The molecule has 0 fully saturated rings. The molecule has 0 aliphatic carbocycles. The van der Waals surface area contributed by atoms with Crippen LogP contribution in [-0.4, -0.2) is 16.9 Å². The van der Waals surface area contributed by atoms with Gasteiger partial charge >= 0.3 is 0 Å². The summed E-state index contributed by atoms with van der Waals surface area (Å²) in [6, 6.07) is 24.3. The van der Waals surface area contributed by atoms with E-state index in [1.807, 2.05) is 24.3 Å². The molecule has 146 valence electrons. The molecule has 1 N–H and O–H groups in total. The fourth-order valence-electron chi connectivity index (χ4n) is 2.99. The second-order valence-electron chi connectivity index (χ2n) is 6.93. The summed E-state index contributed by atoms with van der Waals surface area (Å²) in [5.74, 6) is 8.64. The van der Waals surface area contributed by atoms with Crippen LogP contribution in [0.1, 0.15) is 5.56 Å². The van der Waals surface area contributed by atoms with E-state index in [0.29, 0.717) is 17.0 Å². The number of hydrogen-bond donors (Lipinski definition) is 1. The van der Waals surface area contributed by atoms with Crippen LogP contribution in [0.2, 0.25) is 0 Å². The number of aromatic nitrogens is 1. The Morgan fingerprint density at radius 2 is 1.62 bits per heavy atom. The van der Waals surface area contributed by atoms with Gasteiger partial charge in [-0.15, -0.1) is 9.39 Å². The van der Waals surface area contributed by atoms with E-state index in [-0.39, 0.29) is 5.82 Å². The maximum Gasteiger partial charge on any atom is 0.170 e. The molecular weight excluding hydrogens is 383 g/mol. The van der Waals surface area contributed by atoms with E-state index in [1.165, 1.54) is 11.6 Å². The standard InChI is InChI=1S/C24H21FN2OS/c1-17-8-14-20(15-9-17)29(2,3)27-19-12-10-18(11-13-19)23-16-24(28-26-23)21-6-4-5-7-22(21)25/h4-16,27H,2-3H2,1H3. The zero-order valence-corrected chi connectivity index (χ0v) is 16.9. The molecule has 0 saturated carbocycles. The Labute approximate surface area is 170 Å². The number of nitrogens with zero attached hydrogens (tertiary/aromatic N) is 1. The number of hydrogen-bond acceptors (Lipinski definition) is 3. The maximum absolute atomic E-state index is 14.0. The Bertz CT molecular complexity index is 1240. The van der Waals surface area contributed by atoms with E-state index in [2.05, 4.69) is 52.8 Å². The summed E-state index contributed by atoms with van der Waals surface area (Å²) in [6.45, 7) is 2.06. The van der Waals surface area contributed by atoms with E-state index < -0.39 is 9.39 Å². The lowest BCUT2D eigenvalue weighted by Gasteiger charge is -2.18. The summed E-state index contributed by atoms with van der Waals surface area (Å²) in [5.41, 5.74) is 4.05. The van der Waals surface area contributed by atoms with E-state index in [4.69, 9.17) is 4.52 Å². The fraction of sp³-hybridized carbons (Fsp3) is 0.0417. The van der Waals surface area contributed by atoms with Gasteiger partial charge in [0.05, 0.1) is 5.56 Å². The number of anilines is 1. The normalized spacial score (nSPS) is 11.4. The van der Waals surface area contributed by atoms with Crippen molar-refractivity contribution in [1.82, 2.24) is 5.16 Å². The van der Waals surface area contributed by atoms with Crippen molar-refractivity contribution in [2.75, 3.05) is 4.72 Å². The Kier molecular flexibility index (Phi) is 4.99. The summed E-state index contributed by atoms with van der Waals surface area (Å²) in [7, 11) is -1.67. The highest BCUT2D eigenvalue weighted by Gasteiger charge is 2.12. The van der Waals surface area contributed by atoms with Crippen molar-refractivity contribution in [1.29, 1.82) is 0 Å². The molecule has 0 unspecified atom stereocenters. The molecule has 4 aromatic rings. The number of rotatable bonds is 5. The molecule has 0 amide bonds. The van der Waals surface area contributed by atoms with Crippen LogP contribution in [0.4, 0.5) is 10.1 Å². The van der Waals surface area contributed by atoms with Gasteiger partial charge in [-0.05, 0) is 43.3 Å². The van der Waals surface area contributed by atoms with Gasteiger partial charge in [-0.25, -0.2) is 4.39 Å². The van der Waals surface area contributed by atoms with Gasteiger partial charge in [0.2, 0.25) is 0 Å². The maximum atomic E-state index is 14.0. The average molecular weight is 405 g/mol.